The topological polar surface area (TPSA) is 58.6 Å². The molecule has 0 fully saturated rings. The summed E-state index contributed by atoms with van der Waals surface area (Å²) in [4.78, 5) is 14.8. The number of aliphatic carboxylic acids is 1. The molecule has 0 bridgehead atoms. The van der Waals surface area contributed by atoms with Crippen LogP contribution in [0.4, 0.5) is 0 Å². The minimum atomic E-state index is -0.849. The minimum Gasteiger partial charge on any atom is -0.481 e. The van der Waals surface area contributed by atoms with E-state index >= 15 is 0 Å². The molecule has 4 nitrogen and oxygen atoms in total. The molecular formula is C7H13NO3. The second kappa shape index (κ2) is 7.08. The van der Waals surface area contributed by atoms with Crippen LogP contribution in [0, 0.1) is 0 Å². The Morgan fingerprint density at radius 1 is 1.73 bits per heavy atom. The molecule has 0 aliphatic heterocycles. The third kappa shape index (κ3) is 8.97. The van der Waals surface area contributed by atoms with Gasteiger partial charge in [-0.1, -0.05) is 13.0 Å². The van der Waals surface area contributed by atoms with Gasteiger partial charge >= 0.3 is 5.97 Å². The molecule has 0 aromatic rings. The summed E-state index contributed by atoms with van der Waals surface area (Å²) in [6.07, 6.45) is 3.91. The fraction of sp³-hybridized carbons (Fsp3) is 0.571. The smallest absolute Gasteiger partial charge is 0.307 e. The third-order valence-corrected chi connectivity index (χ3v) is 0.868. The van der Waals surface area contributed by atoms with Crippen molar-refractivity contribution in [2.75, 3.05) is 6.61 Å². The Bertz CT molecular complexity index is 134. The molecule has 0 radical (unpaired) electrons. The van der Waals surface area contributed by atoms with Crippen molar-refractivity contribution >= 4 is 5.97 Å². The van der Waals surface area contributed by atoms with Crippen molar-refractivity contribution in [1.82, 2.24) is 5.48 Å². The molecule has 0 rings (SSSR count). The minimum absolute atomic E-state index is 0.0164. The van der Waals surface area contributed by atoms with Gasteiger partial charge in [-0.3, -0.25) is 15.1 Å². The predicted molar refractivity (Wildman–Crippen MR) is 40.8 cm³/mol. The van der Waals surface area contributed by atoms with Crippen LogP contribution in [-0.2, 0) is 9.63 Å². The normalized spacial score (nSPS) is 10.3. The van der Waals surface area contributed by atoms with Crippen LogP contribution in [0.5, 0.6) is 0 Å². The molecule has 4 heteroatoms. The van der Waals surface area contributed by atoms with E-state index in [1.165, 1.54) is 12.3 Å². The van der Waals surface area contributed by atoms with E-state index in [-0.39, 0.29) is 6.42 Å². The summed E-state index contributed by atoms with van der Waals surface area (Å²) in [6.45, 7) is 2.61. The Hall–Kier alpha value is -1.03. The van der Waals surface area contributed by atoms with Crippen LogP contribution in [0.25, 0.3) is 0 Å². The van der Waals surface area contributed by atoms with Gasteiger partial charge in [0.15, 0.2) is 0 Å². The Labute approximate surface area is 65.8 Å². The number of hydroxylamine groups is 1. The van der Waals surface area contributed by atoms with Crippen LogP contribution in [0.1, 0.15) is 19.8 Å². The summed E-state index contributed by atoms with van der Waals surface area (Å²) in [6, 6.07) is 0. The number of nitrogens with one attached hydrogen (secondary N) is 1. The average Bonchev–Trinajstić information content (AvgIpc) is 1.96. The van der Waals surface area contributed by atoms with Crippen molar-refractivity contribution in [2.24, 2.45) is 0 Å². The first-order valence-electron chi connectivity index (χ1n) is 3.51. The molecule has 0 spiro atoms. The summed E-state index contributed by atoms with van der Waals surface area (Å²) in [5, 5.41) is 8.20. The zero-order valence-corrected chi connectivity index (χ0v) is 6.54. The molecule has 0 amide bonds. The zero-order chi connectivity index (χ0) is 8.53. The standard InChI is InChI=1S/C7H13NO3/c1-2-6-11-8-5-3-4-7(9)10/h3,5,8H,2,4,6H2,1H3,(H,9,10). The molecule has 0 aromatic heterocycles. The van der Waals surface area contributed by atoms with Gasteiger partial charge in [-0.2, -0.15) is 0 Å². The lowest BCUT2D eigenvalue weighted by Crippen LogP contribution is -2.06. The second-order valence-electron chi connectivity index (χ2n) is 1.97. The van der Waals surface area contributed by atoms with E-state index < -0.39 is 5.97 Å². The van der Waals surface area contributed by atoms with Crippen LogP contribution < -0.4 is 5.48 Å². The van der Waals surface area contributed by atoms with Crippen LogP contribution in [0.3, 0.4) is 0 Å². The summed E-state index contributed by atoms with van der Waals surface area (Å²) < 4.78 is 0. The highest BCUT2D eigenvalue weighted by molar-refractivity contribution is 5.68. The first-order chi connectivity index (χ1) is 5.27. The van der Waals surface area contributed by atoms with E-state index in [2.05, 4.69) is 5.48 Å². The molecule has 11 heavy (non-hydrogen) atoms. The second-order valence-corrected chi connectivity index (χ2v) is 1.97. The number of carbonyl (C=O) groups is 1. The van der Waals surface area contributed by atoms with Gasteiger partial charge in [-0.05, 0) is 6.42 Å². The van der Waals surface area contributed by atoms with E-state index in [0.717, 1.165) is 6.42 Å². The van der Waals surface area contributed by atoms with Gasteiger partial charge in [0.05, 0.1) is 13.0 Å². The van der Waals surface area contributed by atoms with Crippen molar-refractivity contribution in [3.05, 3.63) is 12.3 Å². The Morgan fingerprint density at radius 2 is 2.45 bits per heavy atom. The summed E-state index contributed by atoms with van der Waals surface area (Å²) in [7, 11) is 0. The summed E-state index contributed by atoms with van der Waals surface area (Å²) in [5.41, 5.74) is 2.50. The quantitative estimate of drug-likeness (QED) is 0.446. The van der Waals surface area contributed by atoms with Gasteiger partial charge in [0.1, 0.15) is 0 Å². The number of carboxylic acid groups (broad SMARTS) is 1. The molecule has 0 unspecified atom stereocenters. The van der Waals surface area contributed by atoms with Crippen molar-refractivity contribution in [3.8, 4) is 0 Å². The number of hydrogen-bond donors (Lipinski definition) is 2. The Kier molecular flexibility index (Phi) is 6.42. The highest BCUT2D eigenvalue weighted by Crippen LogP contribution is 1.80. The largest absolute Gasteiger partial charge is 0.481 e. The van der Waals surface area contributed by atoms with Crippen LogP contribution >= 0.6 is 0 Å². The molecular weight excluding hydrogens is 146 g/mol. The van der Waals surface area contributed by atoms with Crippen LogP contribution in [-0.4, -0.2) is 17.7 Å². The highest BCUT2D eigenvalue weighted by Gasteiger charge is 1.87. The number of rotatable bonds is 6. The molecule has 0 saturated carbocycles. The molecule has 0 aliphatic rings. The zero-order valence-electron chi connectivity index (χ0n) is 6.54. The lowest BCUT2D eigenvalue weighted by molar-refractivity contribution is -0.136. The van der Waals surface area contributed by atoms with Crippen LogP contribution in [0.15, 0.2) is 12.3 Å². The fourth-order valence-electron chi connectivity index (χ4n) is 0.417. The Morgan fingerprint density at radius 3 is 3.00 bits per heavy atom. The first kappa shape index (κ1) is 9.97. The van der Waals surface area contributed by atoms with Gasteiger partial charge in [0, 0.05) is 6.20 Å². The van der Waals surface area contributed by atoms with Gasteiger partial charge in [0.2, 0.25) is 0 Å². The van der Waals surface area contributed by atoms with Crippen molar-refractivity contribution < 1.29 is 14.7 Å². The maximum atomic E-state index is 9.97. The van der Waals surface area contributed by atoms with Crippen molar-refractivity contribution in [1.29, 1.82) is 0 Å². The van der Waals surface area contributed by atoms with E-state index in [0.29, 0.717) is 6.61 Å². The summed E-state index contributed by atoms with van der Waals surface area (Å²) in [5.74, 6) is -0.849. The molecule has 0 heterocycles. The van der Waals surface area contributed by atoms with Gasteiger partial charge in [-0.15, -0.1) is 0 Å². The van der Waals surface area contributed by atoms with E-state index in [4.69, 9.17) is 9.94 Å². The lowest BCUT2D eigenvalue weighted by atomic mass is 10.4. The van der Waals surface area contributed by atoms with Crippen LogP contribution in [0.2, 0.25) is 0 Å². The van der Waals surface area contributed by atoms with E-state index in [9.17, 15) is 4.79 Å². The number of hydrogen-bond acceptors (Lipinski definition) is 3. The lowest BCUT2D eigenvalue weighted by Gasteiger charge is -1.97. The average molecular weight is 159 g/mol. The molecule has 0 atom stereocenters. The molecule has 0 aliphatic carbocycles. The van der Waals surface area contributed by atoms with Gasteiger partial charge < -0.3 is 5.11 Å². The fourth-order valence-corrected chi connectivity index (χ4v) is 0.417. The maximum absolute atomic E-state index is 9.97. The number of carboxylic acids is 1. The monoisotopic (exact) mass is 159 g/mol. The molecule has 0 aromatic carbocycles. The SMILES string of the molecule is CCCONC=CCC(=O)O. The van der Waals surface area contributed by atoms with Crippen molar-refractivity contribution in [2.45, 2.75) is 19.8 Å². The van der Waals surface area contributed by atoms with Gasteiger partial charge in [-0.25, -0.2) is 0 Å². The Balaban J connectivity index is 3.10. The van der Waals surface area contributed by atoms with Gasteiger partial charge in [0.25, 0.3) is 0 Å². The van der Waals surface area contributed by atoms with E-state index in [1.54, 1.807) is 0 Å². The predicted octanol–water partition coefficient (Wildman–Crippen LogP) is 0.906. The first-order valence-corrected chi connectivity index (χ1v) is 3.51. The molecule has 2 N–H and O–H groups in total. The molecule has 0 saturated heterocycles. The maximum Gasteiger partial charge on any atom is 0.307 e. The highest BCUT2D eigenvalue weighted by atomic mass is 16.6. The summed E-state index contributed by atoms with van der Waals surface area (Å²) >= 11 is 0. The van der Waals surface area contributed by atoms with E-state index in [1.807, 2.05) is 6.92 Å². The van der Waals surface area contributed by atoms with Crippen molar-refractivity contribution in [3.63, 3.8) is 0 Å². The third-order valence-electron chi connectivity index (χ3n) is 0.868. The molecule has 64 valence electrons.